The van der Waals surface area contributed by atoms with Crippen LogP contribution in [0.3, 0.4) is 0 Å². The molecule has 0 saturated carbocycles. The smallest absolute Gasteiger partial charge is 0.269 e. The molecule has 3 N–H and O–H groups in total. The van der Waals surface area contributed by atoms with Crippen LogP contribution in [0.25, 0.3) is 11.2 Å². The molecule has 2 rings (SSSR count). The third-order valence-corrected chi connectivity index (χ3v) is 8.84. The summed E-state index contributed by atoms with van der Waals surface area (Å²) < 4.78 is 6.17. The lowest BCUT2D eigenvalue weighted by Gasteiger charge is -2.36. The largest absolute Gasteiger partial charge is 0.412 e. The van der Waals surface area contributed by atoms with Crippen molar-refractivity contribution >= 4 is 25.3 Å². The molecule has 2 heterocycles. The number of H-pyrrole nitrogens is 1. The van der Waals surface area contributed by atoms with E-state index in [-0.39, 0.29) is 10.6 Å². The molecular formula is C15H24N4O2Si. The fourth-order valence-electron chi connectivity index (χ4n) is 1.75. The van der Waals surface area contributed by atoms with E-state index in [1.165, 1.54) is 0 Å². The third-order valence-electron chi connectivity index (χ3n) is 4.36. The van der Waals surface area contributed by atoms with Crippen LogP contribution in [0.5, 0.6) is 0 Å². The van der Waals surface area contributed by atoms with Gasteiger partial charge in [-0.25, -0.2) is 9.97 Å². The molecular weight excluding hydrogens is 296 g/mol. The Balaban J connectivity index is 2.35. The Kier molecular flexibility index (Phi) is 4.14. The zero-order valence-corrected chi connectivity index (χ0v) is 15.1. The van der Waals surface area contributed by atoms with E-state index < -0.39 is 8.32 Å². The molecule has 7 heteroatoms. The van der Waals surface area contributed by atoms with Crippen LogP contribution in [0.4, 0.5) is 5.82 Å². The van der Waals surface area contributed by atoms with Crippen molar-refractivity contribution in [3.63, 3.8) is 0 Å². The first-order valence-electron chi connectivity index (χ1n) is 7.31. The van der Waals surface area contributed by atoms with E-state index in [1.54, 1.807) is 13.0 Å². The van der Waals surface area contributed by atoms with Crippen LogP contribution in [0, 0.1) is 6.92 Å². The second kappa shape index (κ2) is 5.48. The fraction of sp³-hybridized carbons (Fsp3) is 0.533. The summed E-state index contributed by atoms with van der Waals surface area (Å²) in [6.45, 7) is 13.0. The standard InChI is InChI=1S/C15H24N4O2Si/c1-9-14(20)18-11-7-10(12(16)19-13(11)17-9)8-21-22(5,6)15(2,3)4/h7H,8H2,1-6H3,(H,18,20)(H2,16,17,19). The monoisotopic (exact) mass is 320 g/mol. The minimum absolute atomic E-state index is 0.124. The Morgan fingerprint density at radius 2 is 1.95 bits per heavy atom. The summed E-state index contributed by atoms with van der Waals surface area (Å²) in [5.41, 5.74) is 7.98. The topological polar surface area (TPSA) is 93.9 Å². The van der Waals surface area contributed by atoms with E-state index in [1.807, 2.05) is 0 Å². The van der Waals surface area contributed by atoms with Crippen molar-refractivity contribution in [2.24, 2.45) is 0 Å². The maximum Gasteiger partial charge on any atom is 0.269 e. The van der Waals surface area contributed by atoms with Gasteiger partial charge in [0, 0.05) is 5.56 Å². The summed E-state index contributed by atoms with van der Waals surface area (Å²) in [6.07, 6.45) is 0. The highest BCUT2D eigenvalue weighted by Crippen LogP contribution is 2.37. The number of hydrogen-bond acceptors (Lipinski definition) is 5. The van der Waals surface area contributed by atoms with Crippen molar-refractivity contribution in [2.75, 3.05) is 5.73 Å². The molecule has 2 aromatic heterocycles. The highest BCUT2D eigenvalue weighted by Gasteiger charge is 2.37. The average molecular weight is 320 g/mol. The van der Waals surface area contributed by atoms with Gasteiger partial charge in [0.2, 0.25) is 0 Å². The van der Waals surface area contributed by atoms with Crippen molar-refractivity contribution in [2.45, 2.75) is 52.4 Å². The van der Waals surface area contributed by atoms with E-state index in [2.05, 4.69) is 48.8 Å². The van der Waals surface area contributed by atoms with Gasteiger partial charge in [0.1, 0.15) is 11.5 Å². The summed E-state index contributed by atoms with van der Waals surface area (Å²) in [4.78, 5) is 22.9. The molecule has 120 valence electrons. The number of aryl methyl sites for hydroxylation is 1. The van der Waals surface area contributed by atoms with E-state index in [9.17, 15) is 4.79 Å². The van der Waals surface area contributed by atoms with Gasteiger partial charge >= 0.3 is 0 Å². The van der Waals surface area contributed by atoms with E-state index in [0.717, 1.165) is 5.56 Å². The molecule has 0 amide bonds. The van der Waals surface area contributed by atoms with E-state index in [4.69, 9.17) is 10.2 Å². The van der Waals surface area contributed by atoms with Crippen molar-refractivity contribution < 1.29 is 4.43 Å². The van der Waals surface area contributed by atoms with E-state index >= 15 is 0 Å². The summed E-state index contributed by atoms with van der Waals surface area (Å²) in [5.74, 6) is 0.394. The van der Waals surface area contributed by atoms with Crippen LogP contribution in [-0.2, 0) is 11.0 Å². The lowest BCUT2D eigenvalue weighted by molar-refractivity contribution is 0.277. The number of nitrogens with one attached hydrogen (secondary N) is 1. The number of nitrogens with zero attached hydrogens (tertiary/aromatic N) is 2. The summed E-state index contributed by atoms with van der Waals surface area (Å²) in [5, 5.41) is 0.124. The number of rotatable bonds is 3. The van der Waals surface area contributed by atoms with Gasteiger partial charge in [-0.3, -0.25) is 4.79 Å². The Morgan fingerprint density at radius 3 is 2.55 bits per heavy atom. The first-order chi connectivity index (χ1) is 10.0. The maximum atomic E-state index is 11.7. The number of anilines is 1. The van der Waals surface area contributed by atoms with Crippen LogP contribution in [-0.4, -0.2) is 23.3 Å². The van der Waals surface area contributed by atoms with E-state index in [0.29, 0.717) is 29.3 Å². The zero-order valence-electron chi connectivity index (χ0n) is 14.1. The number of nitrogens with two attached hydrogens (primary N) is 1. The molecule has 0 aliphatic carbocycles. The second-order valence-electron chi connectivity index (χ2n) is 7.10. The van der Waals surface area contributed by atoms with Crippen molar-refractivity contribution in [3.05, 3.63) is 27.7 Å². The predicted molar refractivity (Wildman–Crippen MR) is 91.3 cm³/mol. The SMILES string of the molecule is Cc1nc2nc(N)c(CO[Si](C)(C)C(C)(C)C)cc2[nH]c1=O. The molecule has 0 unspecified atom stereocenters. The van der Waals surface area contributed by atoms with Crippen LogP contribution >= 0.6 is 0 Å². The molecule has 0 aliphatic heterocycles. The molecule has 6 nitrogen and oxygen atoms in total. The summed E-state index contributed by atoms with van der Waals surface area (Å²) >= 11 is 0. The van der Waals surface area contributed by atoms with Crippen LogP contribution in [0.1, 0.15) is 32.0 Å². The third kappa shape index (κ3) is 3.20. The Bertz CT molecular complexity index is 762. The highest BCUT2D eigenvalue weighted by molar-refractivity contribution is 6.74. The van der Waals surface area contributed by atoms with Crippen molar-refractivity contribution in [3.8, 4) is 0 Å². The maximum absolute atomic E-state index is 11.7. The molecule has 22 heavy (non-hydrogen) atoms. The van der Waals surface area contributed by atoms with Gasteiger partial charge in [-0.2, -0.15) is 0 Å². The van der Waals surface area contributed by atoms with Gasteiger partial charge in [0.25, 0.3) is 5.56 Å². The Hall–Kier alpha value is -1.73. The number of hydrogen-bond donors (Lipinski definition) is 2. The van der Waals surface area contributed by atoms with Gasteiger partial charge in [0.15, 0.2) is 14.0 Å². The average Bonchev–Trinajstić information content (AvgIpc) is 2.37. The highest BCUT2D eigenvalue weighted by atomic mass is 28.4. The Morgan fingerprint density at radius 1 is 1.32 bits per heavy atom. The molecule has 0 bridgehead atoms. The number of pyridine rings is 1. The molecule has 0 aromatic carbocycles. The Labute approximate surface area is 131 Å². The first-order valence-corrected chi connectivity index (χ1v) is 10.2. The minimum atomic E-state index is -1.87. The number of aromatic nitrogens is 3. The second-order valence-corrected chi connectivity index (χ2v) is 11.9. The molecule has 0 radical (unpaired) electrons. The van der Waals surface area contributed by atoms with Crippen LogP contribution < -0.4 is 11.3 Å². The number of fused-ring (bicyclic) bond motifs is 1. The molecule has 2 aromatic rings. The fourth-order valence-corrected chi connectivity index (χ4v) is 2.70. The number of nitrogen functional groups attached to an aromatic ring is 1. The normalized spacial score (nSPS) is 12.8. The number of aromatic amines is 1. The van der Waals surface area contributed by atoms with Gasteiger partial charge in [-0.05, 0) is 31.1 Å². The van der Waals surface area contributed by atoms with Gasteiger partial charge in [-0.15, -0.1) is 0 Å². The zero-order chi connectivity index (χ0) is 16.7. The van der Waals surface area contributed by atoms with Crippen molar-refractivity contribution in [1.82, 2.24) is 15.0 Å². The van der Waals surface area contributed by atoms with Crippen LogP contribution in [0.2, 0.25) is 18.1 Å². The molecule has 0 fully saturated rings. The molecule has 0 saturated heterocycles. The first kappa shape index (κ1) is 16.6. The van der Waals surface area contributed by atoms with Gasteiger partial charge < -0.3 is 15.1 Å². The minimum Gasteiger partial charge on any atom is -0.412 e. The van der Waals surface area contributed by atoms with Crippen molar-refractivity contribution in [1.29, 1.82) is 0 Å². The van der Waals surface area contributed by atoms with Gasteiger partial charge in [0.05, 0.1) is 12.1 Å². The molecule has 0 atom stereocenters. The summed E-state index contributed by atoms with van der Waals surface area (Å²) in [6, 6.07) is 1.80. The molecule has 0 aliphatic rings. The molecule has 0 spiro atoms. The summed E-state index contributed by atoms with van der Waals surface area (Å²) in [7, 11) is -1.87. The van der Waals surface area contributed by atoms with Gasteiger partial charge in [-0.1, -0.05) is 20.8 Å². The lowest BCUT2D eigenvalue weighted by Crippen LogP contribution is -2.40. The lowest BCUT2D eigenvalue weighted by atomic mass is 10.2. The quantitative estimate of drug-likeness (QED) is 0.848. The van der Waals surface area contributed by atoms with Crippen LogP contribution in [0.15, 0.2) is 10.9 Å². The predicted octanol–water partition coefficient (Wildman–Crippen LogP) is 2.73.